The van der Waals surface area contributed by atoms with Gasteiger partial charge in [-0.1, -0.05) is 26.7 Å². The van der Waals surface area contributed by atoms with E-state index in [1.165, 1.54) is 37.8 Å². The first kappa shape index (κ1) is 14.1. The minimum Gasteiger partial charge on any atom is -0.366 e. The average molecular weight is 294 g/mol. The summed E-state index contributed by atoms with van der Waals surface area (Å²) in [5.74, 6) is 2.61. The summed E-state index contributed by atoms with van der Waals surface area (Å²) in [6, 6.07) is 0.694. The van der Waals surface area contributed by atoms with Gasteiger partial charge >= 0.3 is 0 Å². The molecule has 2 aliphatic rings. The van der Waals surface area contributed by atoms with Gasteiger partial charge in [-0.05, 0) is 25.2 Å². The minimum atomic E-state index is 0.354. The molecule has 1 saturated heterocycles. The van der Waals surface area contributed by atoms with Crippen LogP contribution in [0.2, 0.25) is 0 Å². The highest BCUT2D eigenvalue weighted by Gasteiger charge is 2.36. The maximum absolute atomic E-state index is 6.15. The summed E-state index contributed by atoms with van der Waals surface area (Å²) in [7, 11) is 0. The molecule has 0 radical (unpaired) electrons. The Morgan fingerprint density at radius 3 is 2.85 bits per heavy atom. The van der Waals surface area contributed by atoms with Crippen molar-refractivity contribution in [2.75, 3.05) is 11.4 Å². The maximum Gasteiger partial charge on any atom is 0.131 e. The number of halogens is 1. The van der Waals surface area contributed by atoms with Gasteiger partial charge in [0.1, 0.15) is 5.82 Å². The van der Waals surface area contributed by atoms with Gasteiger partial charge in [0.2, 0.25) is 0 Å². The van der Waals surface area contributed by atoms with E-state index in [-0.39, 0.29) is 0 Å². The van der Waals surface area contributed by atoms with Gasteiger partial charge in [0.05, 0.1) is 23.5 Å². The molecule has 0 bridgehead atoms. The summed E-state index contributed by atoms with van der Waals surface area (Å²) in [5, 5.41) is 0. The number of fused-ring (bicyclic) bond motifs is 1. The molecule has 0 N–H and O–H groups in total. The number of hydrogen-bond acceptors (Lipinski definition) is 3. The molecule has 1 aliphatic heterocycles. The second kappa shape index (κ2) is 5.88. The summed E-state index contributed by atoms with van der Waals surface area (Å²) in [4.78, 5) is 11.8. The fourth-order valence-electron chi connectivity index (χ4n) is 3.75. The van der Waals surface area contributed by atoms with Crippen molar-refractivity contribution in [1.82, 2.24) is 9.97 Å². The highest BCUT2D eigenvalue weighted by atomic mass is 35.5. The van der Waals surface area contributed by atoms with E-state index in [0.29, 0.717) is 17.8 Å². The monoisotopic (exact) mass is 293 g/mol. The van der Waals surface area contributed by atoms with Gasteiger partial charge < -0.3 is 4.90 Å². The number of rotatable bonds is 3. The van der Waals surface area contributed by atoms with Gasteiger partial charge in [-0.3, -0.25) is 0 Å². The van der Waals surface area contributed by atoms with Crippen LogP contribution in [0.3, 0.4) is 0 Å². The van der Waals surface area contributed by atoms with Crippen molar-refractivity contribution in [2.24, 2.45) is 5.92 Å². The lowest BCUT2D eigenvalue weighted by molar-refractivity contribution is 0.342. The lowest BCUT2D eigenvalue weighted by atomic mass is 9.85. The second-order valence-electron chi connectivity index (χ2n) is 6.44. The molecule has 1 aliphatic carbocycles. The van der Waals surface area contributed by atoms with Crippen molar-refractivity contribution in [3.63, 3.8) is 0 Å². The Bertz CT molecular complexity index is 475. The SMILES string of the molecule is CC(C)c1ncc(N2CCC3CCCCC32)c(CCl)n1. The Kier molecular flexibility index (Phi) is 4.16. The first-order chi connectivity index (χ1) is 9.70. The zero-order valence-electron chi connectivity index (χ0n) is 12.5. The van der Waals surface area contributed by atoms with Crippen LogP contribution >= 0.6 is 11.6 Å². The fraction of sp³-hybridized carbons (Fsp3) is 0.750. The third kappa shape index (κ3) is 2.52. The van der Waals surface area contributed by atoms with Crippen LogP contribution in [0.1, 0.15) is 63.4 Å². The molecular formula is C16H24ClN3. The predicted octanol–water partition coefficient (Wildman–Crippen LogP) is 4.11. The Labute approximate surface area is 126 Å². The molecule has 2 heterocycles. The topological polar surface area (TPSA) is 29.0 Å². The quantitative estimate of drug-likeness (QED) is 0.786. The highest BCUT2D eigenvalue weighted by Crippen LogP contribution is 2.39. The van der Waals surface area contributed by atoms with Crippen LogP contribution in [0, 0.1) is 5.92 Å². The molecule has 3 nitrogen and oxygen atoms in total. The Morgan fingerprint density at radius 1 is 1.30 bits per heavy atom. The lowest BCUT2D eigenvalue weighted by Gasteiger charge is -2.33. The van der Waals surface area contributed by atoms with Crippen LogP contribution in [0.5, 0.6) is 0 Å². The van der Waals surface area contributed by atoms with E-state index in [4.69, 9.17) is 11.6 Å². The van der Waals surface area contributed by atoms with E-state index in [2.05, 4.69) is 28.7 Å². The van der Waals surface area contributed by atoms with Crippen LogP contribution in [-0.4, -0.2) is 22.6 Å². The molecule has 4 heteroatoms. The molecule has 1 aromatic rings. The summed E-state index contributed by atoms with van der Waals surface area (Å²) in [6.07, 6.45) is 8.80. The zero-order chi connectivity index (χ0) is 14.1. The smallest absolute Gasteiger partial charge is 0.131 e. The number of aromatic nitrogens is 2. The van der Waals surface area contributed by atoms with Gasteiger partial charge in [-0.2, -0.15) is 0 Å². The molecule has 0 aromatic carbocycles. The lowest BCUT2D eigenvalue weighted by Crippen LogP contribution is -2.35. The summed E-state index contributed by atoms with van der Waals surface area (Å²) in [5.41, 5.74) is 2.19. The molecular weight excluding hydrogens is 270 g/mol. The number of anilines is 1. The maximum atomic E-state index is 6.15. The third-order valence-electron chi connectivity index (χ3n) is 4.83. The first-order valence-electron chi connectivity index (χ1n) is 7.89. The molecule has 1 saturated carbocycles. The molecule has 2 atom stereocenters. The van der Waals surface area contributed by atoms with E-state index in [1.54, 1.807) is 0 Å². The van der Waals surface area contributed by atoms with E-state index >= 15 is 0 Å². The fourth-order valence-corrected chi connectivity index (χ4v) is 3.94. The number of hydrogen-bond donors (Lipinski definition) is 0. The number of nitrogens with zero attached hydrogens (tertiary/aromatic N) is 3. The zero-order valence-corrected chi connectivity index (χ0v) is 13.2. The molecule has 20 heavy (non-hydrogen) atoms. The van der Waals surface area contributed by atoms with E-state index in [0.717, 1.165) is 24.0 Å². The second-order valence-corrected chi connectivity index (χ2v) is 6.71. The Morgan fingerprint density at radius 2 is 2.10 bits per heavy atom. The van der Waals surface area contributed by atoms with Gasteiger partial charge in [0.25, 0.3) is 0 Å². The van der Waals surface area contributed by atoms with E-state index < -0.39 is 0 Å². The molecule has 110 valence electrons. The summed E-state index contributed by atoms with van der Waals surface area (Å²) in [6.45, 7) is 5.39. The normalized spacial score (nSPS) is 26.1. The van der Waals surface area contributed by atoms with Crippen molar-refractivity contribution >= 4 is 17.3 Å². The molecule has 2 unspecified atom stereocenters. The Hall–Kier alpha value is -0.830. The van der Waals surface area contributed by atoms with Gasteiger partial charge in [-0.25, -0.2) is 9.97 Å². The molecule has 0 amide bonds. The van der Waals surface area contributed by atoms with Crippen molar-refractivity contribution in [3.05, 3.63) is 17.7 Å². The molecule has 1 aromatic heterocycles. The van der Waals surface area contributed by atoms with E-state index in [1.807, 2.05) is 6.20 Å². The molecule has 0 spiro atoms. The van der Waals surface area contributed by atoms with Gasteiger partial charge in [0.15, 0.2) is 0 Å². The van der Waals surface area contributed by atoms with Gasteiger partial charge in [-0.15, -0.1) is 11.6 Å². The van der Waals surface area contributed by atoms with Crippen LogP contribution < -0.4 is 4.90 Å². The van der Waals surface area contributed by atoms with Crippen LogP contribution in [-0.2, 0) is 5.88 Å². The van der Waals surface area contributed by atoms with Crippen LogP contribution in [0.15, 0.2) is 6.20 Å². The highest BCUT2D eigenvalue weighted by molar-refractivity contribution is 6.17. The van der Waals surface area contributed by atoms with Crippen molar-refractivity contribution in [1.29, 1.82) is 0 Å². The summed E-state index contributed by atoms with van der Waals surface area (Å²) < 4.78 is 0. The Balaban J connectivity index is 1.89. The van der Waals surface area contributed by atoms with E-state index in [9.17, 15) is 0 Å². The molecule has 3 rings (SSSR count). The minimum absolute atomic E-state index is 0.354. The molecule has 2 fully saturated rings. The van der Waals surface area contributed by atoms with Crippen molar-refractivity contribution in [3.8, 4) is 0 Å². The predicted molar refractivity (Wildman–Crippen MR) is 83.4 cm³/mol. The van der Waals surface area contributed by atoms with Crippen molar-refractivity contribution < 1.29 is 0 Å². The number of alkyl halides is 1. The average Bonchev–Trinajstić information content (AvgIpc) is 2.90. The first-order valence-corrected chi connectivity index (χ1v) is 8.42. The summed E-state index contributed by atoms with van der Waals surface area (Å²) >= 11 is 6.15. The van der Waals surface area contributed by atoms with Crippen LogP contribution in [0.25, 0.3) is 0 Å². The van der Waals surface area contributed by atoms with Crippen LogP contribution in [0.4, 0.5) is 5.69 Å². The third-order valence-corrected chi connectivity index (χ3v) is 5.08. The standard InChI is InChI=1S/C16H24ClN3/c1-11(2)16-18-10-15(13(9-17)19-16)20-8-7-12-5-3-4-6-14(12)20/h10-12,14H,3-9H2,1-2H3. The van der Waals surface area contributed by atoms with Crippen molar-refractivity contribution in [2.45, 2.75) is 63.8 Å². The largest absolute Gasteiger partial charge is 0.366 e. The van der Waals surface area contributed by atoms with Gasteiger partial charge in [0, 0.05) is 18.5 Å².